The number of aromatic nitrogens is 1. The van der Waals surface area contributed by atoms with Gasteiger partial charge in [-0.25, -0.2) is 0 Å². The maximum atomic E-state index is 13.6. The van der Waals surface area contributed by atoms with Crippen molar-refractivity contribution in [2.45, 2.75) is 28.0 Å². The van der Waals surface area contributed by atoms with E-state index in [1.54, 1.807) is 36.4 Å². The predicted molar refractivity (Wildman–Crippen MR) is 92.2 cm³/mol. The smallest absolute Gasteiger partial charge is 0.346 e. The average molecular weight is 424 g/mol. The lowest BCUT2D eigenvalue weighted by Gasteiger charge is -2.20. The van der Waals surface area contributed by atoms with Crippen LogP contribution in [-0.2, 0) is 6.54 Å². The van der Waals surface area contributed by atoms with Gasteiger partial charge in [-0.3, -0.25) is 0 Å². The number of para-hydroxylation sites is 1. The third kappa shape index (κ3) is 5.44. The van der Waals surface area contributed by atoms with E-state index in [1.165, 1.54) is 10.8 Å². The zero-order valence-electron chi connectivity index (χ0n) is 13.0. The van der Waals surface area contributed by atoms with E-state index in [1.807, 2.05) is 0 Å². The van der Waals surface area contributed by atoms with Crippen LogP contribution >= 0.6 is 35.0 Å². The fourth-order valence-corrected chi connectivity index (χ4v) is 3.86. The maximum absolute atomic E-state index is 13.6. The zero-order valence-corrected chi connectivity index (χ0v) is 15.3. The Labute approximate surface area is 161 Å². The van der Waals surface area contributed by atoms with Crippen molar-refractivity contribution in [2.24, 2.45) is 11.8 Å². The molecule has 0 amide bonds. The van der Waals surface area contributed by atoms with Crippen molar-refractivity contribution in [3.63, 3.8) is 0 Å². The third-order valence-electron chi connectivity index (χ3n) is 3.65. The van der Waals surface area contributed by atoms with Crippen molar-refractivity contribution < 1.29 is 17.6 Å². The van der Waals surface area contributed by atoms with Gasteiger partial charge in [0.15, 0.2) is 0 Å². The Morgan fingerprint density at radius 1 is 1.12 bits per heavy atom. The lowest BCUT2D eigenvalue weighted by molar-refractivity contribution is -0.146. The highest BCUT2D eigenvalue weighted by molar-refractivity contribution is 8.03. The lowest BCUT2D eigenvalue weighted by atomic mass is 9.91. The summed E-state index contributed by atoms with van der Waals surface area (Å²) < 4.78 is 51.0. The first-order valence-corrected chi connectivity index (χ1v) is 8.81. The van der Waals surface area contributed by atoms with Gasteiger partial charge >= 0.3 is 10.1 Å². The quantitative estimate of drug-likeness (QED) is 0.324. The minimum atomic E-state index is -4.53. The lowest BCUT2D eigenvalue weighted by Crippen LogP contribution is -2.25. The molecule has 0 fully saturated rings. The molecule has 0 saturated carbocycles. The summed E-state index contributed by atoms with van der Waals surface area (Å²) in [6.07, 6.45) is -4.40. The summed E-state index contributed by atoms with van der Waals surface area (Å²) in [7, 11) is 0. The largest absolute Gasteiger partial charge is 0.389 e. The molecule has 26 heavy (non-hydrogen) atoms. The second kappa shape index (κ2) is 7.96. The van der Waals surface area contributed by atoms with Crippen molar-refractivity contribution in [3.05, 3.63) is 30.5 Å². The van der Waals surface area contributed by atoms with E-state index in [0.29, 0.717) is 27.6 Å². The summed E-state index contributed by atoms with van der Waals surface area (Å²) in [5.41, 5.74) is 0.523. The summed E-state index contributed by atoms with van der Waals surface area (Å²) >= 11 is 11.3. The van der Waals surface area contributed by atoms with Crippen LogP contribution in [0.2, 0.25) is 0 Å². The second-order valence-electron chi connectivity index (χ2n) is 5.53. The van der Waals surface area contributed by atoms with E-state index in [0.717, 1.165) is 0 Å². The minimum Gasteiger partial charge on any atom is -0.346 e. The highest BCUT2D eigenvalue weighted by Gasteiger charge is 2.36. The molecule has 0 spiro atoms. The van der Waals surface area contributed by atoms with Crippen LogP contribution in [0.1, 0.15) is 6.42 Å². The molecule has 138 valence electrons. The van der Waals surface area contributed by atoms with Crippen LogP contribution in [0.15, 0.2) is 35.4 Å². The Bertz CT molecular complexity index is 847. The van der Waals surface area contributed by atoms with E-state index in [-0.39, 0.29) is 6.54 Å². The predicted octanol–water partition coefficient (Wildman–Crippen LogP) is 6.02. The molecule has 0 bridgehead atoms. The monoisotopic (exact) mass is 423 g/mol. The SMILES string of the molecule is N#CC(C#N)C(Cn1cc(SC(F)(Cl)Cl)c2ccccc21)CC(F)(F)F. The van der Waals surface area contributed by atoms with Crippen LogP contribution in [0.25, 0.3) is 10.9 Å². The van der Waals surface area contributed by atoms with Gasteiger partial charge in [0.2, 0.25) is 0 Å². The van der Waals surface area contributed by atoms with Crippen molar-refractivity contribution in [1.29, 1.82) is 10.5 Å². The number of rotatable bonds is 6. The van der Waals surface area contributed by atoms with E-state index >= 15 is 0 Å². The summed E-state index contributed by atoms with van der Waals surface area (Å²) in [6, 6.07) is 9.85. The molecule has 1 unspecified atom stereocenters. The van der Waals surface area contributed by atoms with Crippen LogP contribution in [0, 0.1) is 34.5 Å². The molecule has 1 aromatic heterocycles. The van der Waals surface area contributed by atoms with E-state index in [4.69, 9.17) is 33.7 Å². The van der Waals surface area contributed by atoms with Gasteiger partial charge in [0.1, 0.15) is 5.92 Å². The Morgan fingerprint density at radius 2 is 1.73 bits per heavy atom. The van der Waals surface area contributed by atoms with Crippen LogP contribution in [0.5, 0.6) is 0 Å². The molecule has 1 aromatic carbocycles. The van der Waals surface area contributed by atoms with Crippen LogP contribution in [-0.4, -0.2) is 14.7 Å². The van der Waals surface area contributed by atoms with E-state index < -0.39 is 28.4 Å². The molecule has 0 radical (unpaired) electrons. The normalized spacial score (nSPS) is 13.6. The van der Waals surface area contributed by atoms with Crippen molar-refractivity contribution in [2.75, 3.05) is 0 Å². The molecular formula is C16H11Cl2F4N3S. The maximum Gasteiger partial charge on any atom is 0.389 e. The van der Waals surface area contributed by atoms with Gasteiger partial charge in [0, 0.05) is 34.5 Å². The summed E-state index contributed by atoms with van der Waals surface area (Å²) in [5.74, 6) is -2.71. The van der Waals surface area contributed by atoms with Crippen molar-refractivity contribution in [1.82, 2.24) is 4.57 Å². The molecule has 3 nitrogen and oxygen atoms in total. The van der Waals surface area contributed by atoms with E-state index in [2.05, 4.69) is 0 Å². The van der Waals surface area contributed by atoms with Crippen molar-refractivity contribution >= 4 is 45.9 Å². The molecule has 10 heteroatoms. The molecule has 0 N–H and O–H groups in total. The first-order valence-electron chi connectivity index (χ1n) is 7.23. The standard InChI is InChI=1S/C16H11Cl2F4N3S/c17-16(18,22)26-14-9-25(13-4-2-1-3-12(13)14)8-10(5-15(19,20)21)11(6-23)7-24/h1-4,9-11H,5,8H2. The number of nitriles is 2. The Kier molecular flexibility index (Phi) is 6.33. The summed E-state index contributed by atoms with van der Waals surface area (Å²) in [6.45, 7) is -0.240. The van der Waals surface area contributed by atoms with Gasteiger partial charge in [-0.15, -0.1) is 0 Å². The zero-order chi connectivity index (χ0) is 19.5. The molecule has 0 aliphatic rings. The van der Waals surface area contributed by atoms with Gasteiger partial charge < -0.3 is 4.57 Å². The van der Waals surface area contributed by atoms with Gasteiger partial charge in [0.25, 0.3) is 0 Å². The number of hydrogen-bond acceptors (Lipinski definition) is 3. The molecule has 2 rings (SSSR count). The average Bonchev–Trinajstić information content (AvgIpc) is 2.83. The van der Waals surface area contributed by atoms with Crippen LogP contribution < -0.4 is 0 Å². The molecular weight excluding hydrogens is 413 g/mol. The Hall–Kier alpha value is -1.61. The first-order chi connectivity index (χ1) is 12.0. The van der Waals surface area contributed by atoms with Gasteiger partial charge in [0.05, 0.1) is 18.6 Å². The molecule has 0 saturated heterocycles. The number of alkyl halides is 6. The number of benzene rings is 1. The van der Waals surface area contributed by atoms with Crippen LogP contribution in [0.3, 0.4) is 0 Å². The highest BCUT2D eigenvalue weighted by Crippen LogP contribution is 2.44. The third-order valence-corrected chi connectivity index (χ3v) is 4.89. The Morgan fingerprint density at radius 3 is 2.27 bits per heavy atom. The molecule has 0 aliphatic heterocycles. The second-order valence-corrected chi connectivity index (χ2v) is 8.42. The molecule has 1 heterocycles. The first kappa shape index (κ1) is 20.7. The molecule has 1 atom stereocenters. The molecule has 2 aromatic rings. The summed E-state index contributed by atoms with van der Waals surface area (Å²) in [4.78, 5) is 0.337. The Balaban J connectivity index is 2.44. The van der Waals surface area contributed by atoms with Gasteiger partial charge in [-0.1, -0.05) is 53.2 Å². The fourth-order valence-electron chi connectivity index (χ4n) is 2.65. The number of hydrogen-bond donors (Lipinski definition) is 0. The minimum absolute atomic E-state index is 0.240. The highest BCUT2D eigenvalue weighted by atomic mass is 35.5. The van der Waals surface area contributed by atoms with Crippen LogP contribution in [0.4, 0.5) is 17.6 Å². The van der Waals surface area contributed by atoms with Gasteiger partial charge in [-0.05, 0) is 6.07 Å². The van der Waals surface area contributed by atoms with Gasteiger partial charge in [-0.2, -0.15) is 28.1 Å². The number of halogens is 6. The summed E-state index contributed by atoms with van der Waals surface area (Å²) in [5, 5.41) is 18.6. The molecule has 0 aliphatic carbocycles. The van der Waals surface area contributed by atoms with E-state index in [9.17, 15) is 17.6 Å². The fraction of sp³-hybridized carbons (Fsp3) is 0.375. The number of fused-ring (bicyclic) bond motifs is 1. The van der Waals surface area contributed by atoms with Crippen molar-refractivity contribution in [3.8, 4) is 12.1 Å². The topological polar surface area (TPSA) is 52.5 Å². The number of thioether (sulfide) groups is 1. The number of nitrogens with zero attached hydrogens (tertiary/aromatic N) is 3.